The van der Waals surface area contributed by atoms with Gasteiger partial charge in [0, 0.05) is 25.3 Å². The van der Waals surface area contributed by atoms with Crippen LogP contribution in [0.1, 0.15) is 43.0 Å². The molecule has 1 aliphatic rings. The second kappa shape index (κ2) is 8.64. The molecular weight excluding hydrogens is 358 g/mol. The zero-order chi connectivity index (χ0) is 19.3. The Bertz CT molecular complexity index is 743. The first-order valence-electron chi connectivity index (χ1n) is 8.66. The van der Waals surface area contributed by atoms with Crippen molar-refractivity contribution in [3.8, 4) is 0 Å². The van der Waals surface area contributed by atoms with Gasteiger partial charge in [0.2, 0.25) is 0 Å². The molecule has 0 aromatic heterocycles. The first kappa shape index (κ1) is 20.4. The van der Waals surface area contributed by atoms with Gasteiger partial charge in [0.15, 0.2) is 9.84 Å². The summed E-state index contributed by atoms with van der Waals surface area (Å²) < 4.78 is 29.7. The molecule has 1 aromatic carbocycles. The van der Waals surface area contributed by atoms with E-state index in [1.54, 1.807) is 0 Å². The van der Waals surface area contributed by atoms with Crippen LogP contribution in [0.4, 0.5) is 0 Å². The molecule has 0 aliphatic carbocycles. The normalized spacial score (nSPS) is 20.3. The summed E-state index contributed by atoms with van der Waals surface area (Å²) in [5.74, 6) is -1.20. The van der Waals surface area contributed by atoms with Gasteiger partial charge >= 0.3 is 5.97 Å². The smallest absolute Gasteiger partial charge is 0.305 e. The highest BCUT2D eigenvalue weighted by atomic mass is 32.2. The fourth-order valence-electron chi connectivity index (χ4n) is 3.11. The van der Waals surface area contributed by atoms with Gasteiger partial charge in [-0.1, -0.05) is 13.3 Å². The number of methoxy groups -OCH3 is 1. The van der Waals surface area contributed by atoms with E-state index in [1.807, 2.05) is 6.92 Å². The topological polar surface area (TPSA) is 101 Å². The Morgan fingerprint density at radius 2 is 1.92 bits per heavy atom. The van der Waals surface area contributed by atoms with E-state index >= 15 is 0 Å². The fraction of sp³-hybridized carbons (Fsp3) is 0.556. The molecule has 1 saturated heterocycles. The summed E-state index contributed by atoms with van der Waals surface area (Å²) in [7, 11) is -1.81. The number of carboxylic acid groups (broad SMARTS) is 1. The lowest BCUT2D eigenvalue weighted by molar-refractivity contribution is -0.138. The number of unbranched alkanes of at least 4 members (excludes halogenated alkanes) is 1. The SMILES string of the molecule is CCCCS(=O)(=O)c1ccc(C(=O)N2CC(OC)CC2CC(=O)O)cc1. The van der Waals surface area contributed by atoms with Crippen LogP contribution in [-0.4, -0.2) is 61.9 Å². The number of carbonyl (C=O) groups is 2. The molecule has 0 bridgehead atoms. The summed E-state index contributed by atoms with van der Waals surface area (Å²) in [6.07, 6.45) is 1.51. The van der Waals surface area contributed by atoms with Crippen molar-refractivity contribution >= 4 is 21.7 Å². The van der Waals surface area contributed by atoms with Crippen LogP contribution in [0, 0.1) is 0 Å². The number of likely N-dealkylation sites (tertiary alicyclic amines) is 1. The van der Waals surface area contributed by atoms with Crippen molar-refractivity contribution in [2.45, 2.75) is 49.6 Å². The molecule has 1 heterocycles. The fourth-order valence-corrected chi connectivity index (χ4v) is 4.57. The predicted molar refractivity (Wildman–Crippen MR) is 95.9 cm³/mol. The van der Waals surface area contributed by atoms with Crippen molar-refractivity contribution in [2.75, 3.05) is 19.4 Å². The van der Waals surface area contributed by atoms with Crippen LogP contribution in [0.5, 0.6) is 0 Å². The summed E-state index contributed by atoms with van der Waals surface area (Å²) in [5, 5.41) is 9.05. The van der Waals surface area contributed by atoms with E-state index in [0.29, 0.717) is 24.9 Å². The third-order valence-electron chi connectivity index (χ3n) is 4.61. The van der Waals surface area contributed by atoms with Crippen molar-refractivity contribution < 1.29 is 27.9 Å². The Morgan fingerprint density at radius 1 is 1.27 bits per heavy atom. The lowest BCUT2D eigenvalue weighted by Crippen LogP contribution is -2.37. The summed E-state index contributed by atoms with van der Waals surface area (Å²) in [4.78, 5) is 25.5. The van der Waals surface area contributed by atoms with Crippen molar-refractivity contribution in [1.29, 1.82) is 0 Å². The molecule has 7 nitrogen and oxygen atoms in total. The van der Waals surface area contributed by atoms with Crippen LogP contribution in [0.3, 0.4) is 0 Å². The number of carboxylic acids is 1. The van der Waals surface area contributed by atoms with Crippen LogP contribution in [-0.2, 0) is 19.4 Å². The van der Waals surface area contributed by atoms with Crippen LogP contribution in [0.25, 0.3) is 0 Å². The van der Waals surface area contributed by atoms with E-state index in [2.05, 4.69) is 0 Å². The van der Waals surface area contributed by atoms with Crippen molar-refractivity contribution in [1.82, 2.24) is 4.90 Å². The Balaban J connectivity index is 2.17. The average Bonchev–Trinajstić information content (AvgIpc) is 3.01. The van der Waals surface area contributed by atoms with Gasteiger partial charge in [-0.15, -0.1) is 0 Å². The second-order valence-corrected chi connectivity index (χ2v) is 8.61. The third kappa shape index (κ3) is 4.82. The Kier molecular flexibility index (Phi) is 6.77. The van der Waals surface area contributed by atoms with Crippen LogP contribution in [0.2, 0.25) is 0 Å². The maximum Gasteiger partial charge on any atom is 0.305 e. The second-order valence-electron chi connectivity index (χ2n) is 6.50. The highest BCUT2D eigenvalue weighted by Crippen LogP contribution is 2.25. The number of aliphatic carboxylic acids is 1. The molecule has 2 atom stereocenters. The minimum Gasteiger partial charge on any atom is -0.481 e. The standard InChI is InChI=1S/C18H25NO6S/c1-3-4-9-26(23,24)16-7-5-13(6-8-16)18(22)19-12-15(25-2)10-14(19)11-17(20)21/h5-8,14-15H,3-4,9-12H2,1-2H3,(H,20,21). The highest BCUT2D eigenvalue weighted by molar-refractivity contribution is 7.91. The molecule has 0 spiro atoms. The Hall–Kier alpha value is -1.93. The average molecular weight is 383 g/mol. The van der Waals surface area contributed by atoms with Gasteiger partial charge in [0.1, 0.15) is 0 Å². The summed E-state index contributed by atoms with van der Waals surface area (Å²) >= 11 is 0. The molecule has 2 rings (SSSR count). The van der Waals surface area contributed by atoms with E-state index in [9.17, 15) is 18.0 Å². The van der Waals surface area contributed by atoms with Gasteiger partial charge in [-0.2, -0.15) is 0 Å². The first-order valence-corrected chi connectivity index (χ1v) is 10.3. The van der Waals surface area contributed by atoms with Gasteiger partial charge in [0.25, 0.3) is 5.91 Å². The number of benzene rings is 1. The van der Waals surface area contributed by atoms with E-state index in [4.69, 9.17) is 9.84 Å². The number of hydrogen-bond donors (Lipinski definition) is 1. The Labute approximate surface area is 153 Å². The van der Waals surface area contributed by atoms with Crippen molar-refractivity contribution in [2.24, 2.45) is 0 Å². The number of hydrogen-bond acceptors (Lipinski definition) is 5. The van der Waals surface area contributed by atoms with Gasteiger partial charge in [-0.25, -0.2) is 8.42 Å². The molecule has 1 fully saturated rings. The zero-order valence-electron chi connectivity index (χ0n) is 15.1. The lowest BCUT2D eigenvalue weighted by Gasteiger charge is -2.23. The number of sulfone groups is 1. The Morgan fingerprint density at radius 3 is 2.46 bits per heavy atom. The van der Waals surface area contributed by atoms with Gasteiger partial charge < -0.3 is 14.7 Å². The zero-order valence-corrected chi connectivity index (χ0v) is 15.9. The summed E-state index contributed by atoms with van der Waals surface area (Å²) in [6.45, 7) is 2.25. The molecule has 8 heteroatoms. The molecule has 1 N–H and O–H groups in total. The molecule has 0 radical (unpaired) electrons. The molecule has 0 saturated carbocycles. The summed E-state index contributed by atoms with van der Waals surface area (Å²) in [6, 6.07) is 5.42. The molecular formula is C18H25NO6S. The molecule has 2 unspecified atom stereocenters. The monoisotopic (exact) mass is 383 g/mol. The largest absolute Gasteiger partial charge is 0.481 e. The van der Waals surface area contributed by atoms with Gasteiger partial charge in [0.05, 0.1) is 23.2 Å². The van der Waals surface area contributed by atoms with E-state index in [1.165, 1.54) is 36.3 Å². The third-order valence-corrected chi connectivity index (χ3v) is 6.42. The minimum absolute atomic E-state index is 0.0825. The molecule has 1 aromatic rings. The predicted octanol–water partition coefficient (Wildman–Crippen LogP) is 1.96. The number of amides is 1. The van der Waals surface area contributed by atoms with Crippen LogP contribution in [0.15, 0.2) is 29.2 Å². The quantitative estimate of drug-likeness (QED) is 0.736. The molecule has 1 aliphatic heterocycles. The maximum absolute atomic E-state index is 12.8. The maximum atomic E-state index is 12.8. The number of rotatable bonds is 8. The minimum atomic E-state index is -3.35. The molecule has 1 amide bonds. The molecule has 144 valence electrons. The van der Waals surface area contributed by atoms with Gasteiger partial charge in [-0.3, -0.25) is 9.59 Å². The number of ether oxygens (including phenoxy) is 1. The first-order chi connectivity index (χ1) is 12.3. The van der Waals surface area contributed by atoms with Gasteiger partial charge in [-0.05, 0) is 37.1 Å². The van der Waals surface area contributed by atoms with Crippen molar-refractivity contribution in [3.05, 3.63) is 29.8 Å². The van der Waals surface area contributed by atoms with E-state index < -0.39 is 21.8 Å². The lowest BCUT2D eigenvalue weighted by atomic mass is 10.1. The number of nitrogens with zero attached hydrogens (tertiary/aromatic N) is 1. The highest BCUT2D eigenvalue weighted by Gasteiger charge is 2.36. The van der Waals surface area contributed by atoms with Crippen molar-refractivity contribution in [3.63, 3.8) is 0 Å². The number of carbonyl (C=O) groups excluding carboxylic acids is 1. The van der Waals surface area contributed by atoms with Crippen LogP contribution < -0.4 is 0 Å². The van der Waals surface area contributed by atoms with Crippen LogP contribution >= 0.6 is 0 Å². The van der Waals surface area contributed by atoms with E-state index in [-0.39, 0.29) is 29.1 Å². The summed E-state index contributed by atoms with van der Waals surface area (Å²) in [5.41, 5.74) is 0.339. The van der Waals surface area contributed by atoms with E-state index in [0.717, 1.165) is 6.42 Å². The molecule has 26 heavy (non-hydrogen) atoms.